The van der Waals surface area contributed by atoms with Gasteiger partial charge in [-0.15, -0.1) is 0 Å². The Bertz CT molecular complexity index is 1150. The van der Waals surface area contributed by atoms with Crippen molar-refractivity contribution in [3.8, 4) is 11.4 Å². The molecule has 1 fully saturated rings. The molecule has 9 heteroatoms. The van der Waals surface area contributed by atoms with Gasteiger partial charge in [0.15, 0.2) is 5.82 Å². The van der Waals surface area contributed by atoms with Gasteiger partial charge < -0.3 is 10.3 Å². The Morgan fingerprint density at radius 3 is 2.57 bits per heavy atom. The fourth-order valence-corrected chi connectivity index (χ4v) is 4.01. The first kappa shape index (κ1) is 20.3. The quantitative estimate of drug-likeness (QED) is 0.619. The van der Waals surface area contributed by atoms with Crippen LogP contribution < -0.4 is 11.3 Å². The van der Waals surface area contributed by atoms with Crippen molar-refractivity contribution in [2.45, 2.75) is 44.8 Å². The Hall–Kier alpha value is -2.97. The predicted octanol–water partition coefficient (Wildman–Crippen LogP) is 4.78. The van der Waals surface area contributed by atoms with E-state index in [-0.39, 0.29) is 22.3 Å². The van der Waals surface area contributed by atoms with E-state index in [4.69, 9.17) is 5.73 Å². The number of rotatable bonds is 3. The van der Waals surface area contributed by atoms with Crippen LogP contribution in [0.2, 0.25) is 0 Å². The van der Waals surface area contributed by atoms with Crippen LogP contribution in [0, 0.1) is 11.7 Å². The maximum absolute atomic E-state index is 14.8. The molecule has 2 aromatic heterocycles. The lowest BCUT2D eigenvalue weighted by Gasteiger charge is -2.22. The minimum Gasteiger partial charge on any atom is -0.383 e. The average Bonchev–Trinajstić information content (AvgIpc) is 2.70. The maximum Gasteiger partial charge on any atom is 0.421 e. The molecule has 0 amide bonds. The van der Waals surface area contributed by atoms with Crippen LogP contribution in [-0.4, -0.2) is 14.5 Å². The molecule has 0 atom stereocenters. The van der Waals surface area contributed by atoms with Crippen LogP contribution in [-0.2, 0) is 12.7 Å². The summed E-state index contributed by atoms with van der Waals surface area (Å²) in [6.45, 7) is 0.594. The molecular formula is C21H20F4N4O. The second-order valence-corrected chi connectivity index (χ2v) is 7.69. The Morgan fingerprint density at radius 2 is 1.90 bits per heavy atom. The molecule has 0 spiro atoms. The molecule has 1 aliphatic carbocycles. The van der Waals surface area contributed by atoms with Crippen LogP contribution in [0.25, 0.3) is 22.2 Å². The Balaban J connectivity index is 1.71. The molecule has 2 N–H and O–H groups in total. The van der Waals surface area contributed by atoms with Crippen molar-refractivity contribution < 1.29 is 17.6 Å². The van der Waals surface area contributed by atoms with Gasteiger partial charge in [0.25, 0.3) is 5.56 Å². The molecule has 0 radical (unpaired) electrons. The van der Waals surface area contributed by atoms with Crippen molar-refractivity contribution >= 4 is 16.6 Å². The summed E-state index contributed by atoms with van der Waals surface area (Å²) < 4.78 is 54.9. The molecule has 0 unspecified atom stereocenters. The molecule has 30 heavy (non-hydrogen) atoms. The highest BCUT2D eigenvalue weighted by Gasteiger charge is 2.34. The highest BCUT2D eigenvalue weighted by molar-refractivity contribution is 5.86. The second-order valence-electron chi connectivity index (χ2n) is 7.69. The Morgan fingerprint density at radius 1 is 1.17 bits per heavy atom. The van der Waals surface area contributed by atoms with Crippen LogP contribution in [0.1, 0.15) is 37.7 Å². The van der Waals surface area contributed by atoms with Crippen molar-refractivity contribution in [3.63, 3.8) is 0 Å². The van der Waals surface area contributed by atoms with Gasteiger partial charge in [0.1, 0.15) is 17.2 Å². The number of hydrogen-bond acceptors (Lipinski definition) is 4. The zero-order chi connectivity index (χ0) is 21.5. The number of pyridine rings is 1. The van der Waals surface area contributed by atoms with Crippen molar-refractivity contribution in [3.05, 3.63) is 52.3 Å². The molecule has 3 aromatic rings. The van der Waals surface area contributed by atoms with E-state index in [2.05, 4.69) is 9.97 Å². The number of halogens is 4. The van der Waals surface area contributed by atoms with Gasteiger partial charge in [-0.05, 0) is 42.3 Å². The molecular weight excluding hydrogens is 400 g/mol. The van der Waals surface area contributed by atoms with Gasteiger partial charge in [0, 0.05) is 18.9 Å². The third kappa shape index (κ3) is 3.88. The lowest BCUT2D eigenvalue weighted by Crippen LogP contribution is -2.24. The molecule has 0 aliphatic heterocycles. The van der Waals surface area contributed by atoms with Crippen LogP contribution in [0.4, 0.5) is 23.4 Å². The minimum atomic E-state index is -4.70. The first-order valence-electron chi connectivity index (χ1n) is 9.77. The molecule has 5 nitrogen and oxygen atoms in total. The largest absolute Gasteiger partial charge is 0.421 e. The lowest BCUT2D eigenvalue weighted by molar-refractivity contribution is -0.137. The maximum atomic E-state index is 14.8. The molecule has 1 aliphatic rings. The summed E-state index contributed by atoms with van der Waals surface area (Å²) in [5, 5.41) is 0.660. The van der Waals surface area contributed by atoms with Gasteiger partial charge in [-0.1, -0.05) is 19.3 Å². The van der Waals surface area contributed by atoms with Crippen molar-refractivity contribution in [1.29, 1.82) is 0 Å². The number of nitrogens with two attached hydrogens (primary N) is 1. The van der Waals surface area contributed by atoms with Gasteiger partial charge in [-0.25, -0.2) is 14.4 Å². The van der Waals surface area contributed by atoms with Gasteiger partial charge in [0.05, 0.1) is 10.9 Å². The Kier molecular flexibility index (Phi) is 5.21. The number of nitrogen functional groups attached to an aromatic ring is 1. The van der Waals surface area contributed by atoms with Crippen LogP contribution in [0.15, 0.2) is 35.4 Å². The smallest absolute Gasteiger partial charge is 0.383 e. The summed E-state index contributed by atoms with van der Waals surface area (Å²) in [4.78, 5) is 20.1. The summed E-state index contributed by atoms with van der Waals surface area (Å²) >= 11 is 0. The van der Waals surface area contributed by atoms with Crippen molar-refractivity contribution in [2.24, 2.45) is 5.92 Å². The van der Waals surface area contributed by atoms with Gasteiger partial charge in [-0.2, -0.15) is 13.2 Å². The molecule has 0 saturated heterocycles. The van der Waals surface area contributed by atoms with E-state index >= 15 is 0 Å². The number of hydrogen-bond donors (Lipinski definition) is 1. The zero-order valence-corrected chi connectivity index (χ0v) is 16.0. The van der Waals surface area contributed by atoms with Crippen molar-refractivity contribution in [1.82, 2.24) is 14.5 Å². The van der Waals surface area contributed by atoms with Gasteiger partial charge >= 0.3 is 6.18 Å². The molecule has 1 aromatic carbocycles. The van der Waals surface area contributed by atoms with E-state index < -0.39 is 23.4 Å². The summed E-state index contributed by atoms with van der Waals surface area (Å²) in [6.07, 6.45) is 3.17. The zero-order valence-electron chi connectivity index (χ0n) is 16.0. The number of aromatic nitrogens is 3. The van der Waals surface area contributed by atoms with E-state index in [0.29, 0.717) is 24.0 Å². The standard InChI is InChI=1S/C21H20F4N4O/c22-17-9-14-13(6-7-29(20(14)30)11-12-4-2-1-3-5-12)8-15(17)19-27-10-16(18(26)28-19)21(23,24)25/h6-10,12H,1-5,11H2,(H2,26,27,28). The van der Waals surface area contributed by atoms with E-state index in [1.807, 2.05) is 0 Å². The highest BCUT2D eigenvalue weighted by Crippen LogP contribution is 2.33. The van der Waals surface area contributed by atoms with Gasteiger partial charge in [0.2, 0.25) is 0 Å². The minimum absolute atomic E-state index is 0.118. The number of benzene rings is 1. The summed E-state index contributed by atoms with van der Waals surface area (Å²) in [6, 6.07) is 4.14. The van der Waals surface area contributed by atoms with Crippen molar-refractivity contribution in [2.75, 3.05) is 5.73 Å². The molecule has 158 valence electrons. The number of alkyl halides is 3. The second kappa shape index (κ2) is 7.70. The van der Waals surface area contributed by atoms with E-state index in [0.717, 1.165) is 31.7 Å². The number of fused-ring (bicyclic) bond motifs is 1. The SMILES string of the molecule is Nc1nc(-c2cc3ccn(CC4CCCCC4)c(=O)c3cc2F)ncc1C(F)(F)F. The fourth-order valence-electron chi connectivity index (χ4n) is 4.01. The lowest BCUT2D eigenvalue weighted by atomic mass is 9.89. The summed E-state index contributed by atoms with van der Waals surface area (Å²) in [7, 11) is 0. The predicted molar refractivity (Wildman–Crippen MR) is 105 cm³/mol. The third-order valence-corrected chi connectivity index (χ3v) is 5.61. The molecule has 1 saturated carbocycles. The number of anilines is 1. The molecule has 4 rings (SSSR count). The first-order chi connectivity index (χ1) is 14.2. The topological polar surface area (TPSA) is 73.8 Å². The van der Waals surface area contributed by atoms with Crippen LogP contribution >= 0.6 is 0 Å². The monoisotopic (exact) mass is 420 g/mol. The van der Waals surface area contributed by atoms with Crippen LogP contribution in [0.3, 0.4) is 0 Å². The number of nitrogens with zero attached hydrogens (tertiary/aromatic N) is 3. The average molecular weight is 420 g/mol. The summed E-state index contributed by atoms with van der Waals surface area (Å²) in [5.74, 6) is -1.42. The first-order valence-corrected chi connectivity index (χ1v) is 9.77. The Labute approximate surface area is 169 Å². The van der Waals surface area contributed by atoms with Gasteiger partial charge in [-0.3, -0.25) is 4.79 Å². The summed E-state index contributed by atoms with van der Waals surface area (Å²) in [5.41, 5.74) is 3.80. The highest BCUT2D eigenvalue weighted by atomic mass is 19.4. The van der Waals surface area contributed by atoms with E-state index in [1.54, 1.807) is 16.8 Å². The normalized spacial score (nSPS) is 15.6. The molecule has 0 bridgehead atoms. The fraction of sp³-hybridized carbons (Fsp3) is 0.381. The molecule has 2 heterocycles. The van der Waals surface area contributed by atoms with E-state index in [1.165, 1.54) is 12.5 Å². The third-order valence-electron chi connectivity index (χ3n) is 5.61. The van der Waals surface area contributed by atoms with E-state index in [9.17, 15) is 22.4 Å². The van der Waals surface area contributed by atoms with Crippen LogP contribution in [0.5, 0.6) is 0 Å².